The van der Waals surface area contributed by atoms with Crippen LogP contribution in [0.3, 0.4) is 0 Å². The van der Waals surface area contributed by atoms with Crippen LogP contribution < -0.4 is 10.6 Å². The Morgan fingerprint density at radius 1 is 0.829 bits per heavy atom. The van der Waals surface area contributed by atoms with E-state index in [9.17, 15) is 4.79 Å². The van der Waals surface area contributed by atoms with Gasteiger partial charge in [0.25, 0.3) is 5.91 Å². The van der Waals surface area contributed by atoms with E-state index < -0.39 is 0 Å². The molecular weight excluding hydrogens is 456 g/mol. The summed E-state index contributed by atoms with van der Waals surface area (Å²) in [6.07, 6.45) is 0. The topological polar surface area (TPSA) is 66.9 Å². The molecule has 0 spiro atoms. The van der Waals surface area contributed by atoms with Crippen molar-refractivity contribution in [3.05, 3.63) is 113 Å². The van der Waals surface area contributed by atoms with Crippen molar-refractivity contribution in [2.75, 3.05) is 10.6 Å². The zero-order valence-corrected chi connectivity index (χ0v) is 20.1. The number of rotatable bonds is 5. The predicted octanol–water partition coefficient (Wildman–Crippen LogP) is 7.56. The van der Waals surface area contributed by atoms with E-state index in [1.54, 1.807) is 12.1 Å². The molecule has 0 saturated heterocycles. The number of anilines is 3. The Bertz CT molecular complexity index is 1550. The number of aryl methyl sites for hydroxylation is 2. The maximum atomic E-state index is 12.9. The van der Waals surface area contributed by atoms with Crippen molar-refractivity contribution >= 4 is 45.7 Å². The molecule has 6 heteroatoms. The van der Waals surface area contributed by atoms with Crippen LogP contribution in [0.5, 0.6) is 0 Å². The number of nitrogens with zero attached hydrogens (tertiary/aromatic N) is 2. The van der Waals surface area contributed by atoms with Gasteiger partial charge in [0.05, 0.1) is 11.2 Å². The highest BCUT2D eigenvalue weighted by atomic mass is 35.5. The highest BCUT2D eigenvalue weighted by molar-refractivity contribution is 6.31. The molecule has 0 aliphatic heterocycles. The molecule has 0 saturated carbocycles. The largest absolute Gasteiger partial charge is 0.324 e. The van der Waals surface area contributed by atoms with Gasteiger partial charge in [0.1, 0.15) is 0 Å². The molecule has 1 aromatic heterocycles. The number of carbonyl (C=O) groups is 1. The fraction of sp³-hybridized carbons (Fsp3) is 0.0690. The minimum atomic E-state index is -0.181. The quantitative estimate of drug-likeness (QED) is 0.273. The van der Waals surface area contributed by atoms with Crippen LogP contribution in [0.15, 0.2) is 91.0 Å². The zero-order valence-electron chi connectivity index (χ0n) is 19.3. The number of aromatic nitrogens is 2. The number of amides is 1. The lowest BCUT2D eigenvalue weighted by atomic mass is 10.1. The zero-order chi connectivity index (χ0) is 24.4. The van der Waals surface area contributed by atoms with Crippen molar-refractivity contribution < 1.29 is 4.79 Å². The van der Waals surface area contributed by atoms with E-state index in [4.69, 9.17) is 16.6 Å². The van der Waals surface area contributed by atoms with Crippen LogP contribution in [0.4, 0.5) is 17.3 Å². The number of hydrogen-bond donors (Lipinski definition) is 2. The first-order valence-electron chi connectivity index (χ1n) is 11.2. The summed E-state index contributed by atoms with van der Waals surface area (Å²) >= 11 is 6.26. The van der Waals surface area contributed by atoms with E-state index in [0.717, 1.165) is 39.0 Å². The number of hydrogen-bond acceptors (Lipinski definition) is 4. The van der Waals surface area contributed by atoms with Crippen molar-refractivity contribution in [2.24, 2.45) is 0 Å². The van der Waals surface area contributed by atoms with Crippen molar-refractivity contribution in [3.63, 3.8) is 0 Å². The van der Waals surface area contributed by atoms with Crippen LogP contribution in [-0.4, -0.2) is 15.9 Å². The number of fused-ring (bicyclic) bond motifs is 1. The van der Waals surface area contributed by atoms with Crippen LogP contribution in [0.2, 0.25) is 5.02 Å². The molecule has 0 aliphatic rings. The minimum Gasteiger partial charge on any atom is -0.324 e. The molecule has 0 bridgehead atoms. The first-order valence-corrected chi connectivity index (χ1v) is 11.6. The van der Waals surface area contributed by atoms with Crippen LogP contribution in [0, 0.1) is 13.8 Å². The second-order valence-electron chi connectivity index (χ2n) is 8.40. The predicted molar refractivity (Wildman–Crippen MR) is 144 cm³/mol. The summed E-state index contributed by atoms with van der Waals surface area (Å²) in [4.78, 5) is 22.4. The lowest BCUT2D eigenvalue weighted by molar-refractivity contribution is 0.102. The van der Waals surface area contributed by atoms with Crippen LogP contribution in [0.25, 0.3) is 22.2 Å². The maximum absolute atomic E-state index is 12.9. The van der Waals surface area contributed by atoms with E-state index in [1.807, 2.05) is 92.7 Å². The summed E-state index contributed by atoms with van der Waals surface area (Å²) < 4.78 is 0. The van der Waals surface area contributed by atoms with Crippen molar-refractivity contribution in [2.45, 2.75) is 13.8 Å². The molecule has 0 unspecified atom stereocenters. The minimum absolute atomic E-state index is 0.181. The Labute approximate surface area is 208 Å². The standard InChI is InChI=1S/C29H23ClN4O/c1-18-11-13-25(19(2)15-18)32-28(35)21-9-6-10-23(16-21)31-29-33-26-14-12-22(30)17-24(26)27(34-29)20-7-4-3-5-8-20/h3-17H,1-2H3,(H,32,35)(H,31,33,34). The van der Waals surface area contributed by atoms with Crippen LogP contribution in [0.1, 0.15) is 21.5 Å². The Morgan fingerprint density at radius 3 is 2.46 bits per heavy atom. The molecule has 35 heavy (non-hydrogen) atoms. The Morgan fingerprint density at radius 2 is 1.66 bits per heavy atom. The SMILES string of the molecule is Cc1ccc(NC(=O)c2cccc(Nc3nc(-c4ccccc4)c4cc(Cl)ccc4n3)c2)c(C)c1. The fourth-order valence-corrected chi connectivity index (χ4v) is 4.16. The number of benzene rings is 4. The van der Waals surface area contributed by atoms with Gasteiger partial charge in [0.15, 0.2) is 0 Å². The normalized spacial score (nSPS) is 10.8. The third-order valence-electron chi connectivity index (χ3n) is 5.72. The van der Waals surface area contributed by atoms with Crippen molar-refractivity contribution in [1.29, 1.82) is 0 Å². The van der Waals surface area contributed by atoms with Gasteiger partial charge in [-0.25, -0.2) is 9.97 Å². The number of halogens is 1. The first kappa shape index (κ1) is 22.6. The van der Waals surface area contributed by atoms with E-state index >= 15 is 0 Å². The molecule has 0 radical (unpaired) electrons. The van der Waals surface area contributed by atoms with Gasteiger partial charge in [-0.05, 0) is 61.9 Å². The van der Waals surface area contributed by atoms with E-state index in [2.05, 4.69) is 15.6 Å². The summed E-state index contributed by atoms with van der Waals surface area (Å²) in [5, 5.41) is 7.76. The van der Waals surface area contributed by atoms with Gasteiger partial charge in [-0.15, -0.1) is 0 Å². The fourth-order valence-electron chi connectivity index (χ4n) is 3.99. The molecule has 5 rings (SSSR count). The van der Waals surface area contributed by atoms with E-state index in [1.165, 1.54) is 0 Å². The molecule has 0 fully saturated rings. The second kappa shape index (κ2) is 9.57. The highest BCUT2D eigenvalue weighted by Crippen LogP contribution is 2.30. The Balaban J connectivity index is 1.46. The molecule has 2 N–H and O–H groups in total. The summed E-state index contributed by atoms with van der Waals surface area (Å²) in [6, 6.07) is 28.7. The molecular formula is C29H23ClN4O. The van der Waals surface area contributed by atoms with Gasteiger partial charge in [-0.1, -0.05) is 65.7 Å². The molecule has 172 valence electrons. The van der Waals surface area contributed by atoms with Gasteiger partial charge in [-0.2, -0.15) is 0 Å². The van der Waals surface area contributed by atoms with Crippen LogP contribution in [-0.2, 0) is 0 Å². The van der Waals surface area contributed by atoms with Crippen molar-refractivity contribution in [1.82, 2.24) is 9.97 Å². The molecule has 5 nitrogen and oxygen atoms in total. The monoisotopic (exact) mass is 478 g/mol. The van der Waals surface area contributed by atoms with E-state index in [-0.39, 0.29) is 5.91 Å². The summed E-state index contributed by atoms with van der Waals surface area (Å²) in [5.74, 6) is 0.255. The lowest BCUT2D eigenvalue weighted by Crippen LogP contribution is -2.13. The van der Waals surface area contributed by atoms with Crippen LogP contribution >= 0.6 is 11.6 Å². The highest BCUT2D eigenvalue weighted by Gasteiger charge is 2.13. The molecule has 4 aromatic carbocycles. The van der Waals surface area contributed by atoms with Gasteiger partial charge >= 0.3 is 0 Å². The van der Waals surface area contributed by atoms with Gasteiger partial charge in [0.2, 0.25) is 5.95 Å². The average molecular weight is 479 g/mol. The first-order chi connectivity index (χ1) is 17.0. The maximum Gasteiger partial charge on any atom is 0.255 e. The Kier molecular flexibility index (Phi) is 6.17. The number of nitrogens with one attached hydrogen (secondary N) is 2. The number of carbonyl (C=O) groups excluding carboxylic acids is 1. The van der Waals surface area contributed by atoms with Gasteiger partial charge in [-0.3, -0.25) is 4.79 Å². The summed E-state index contributed by atoms with van der Waals surface area (Å²) in [7, 11) is 0. The Hall–Kier alpha value is -4.22. The smallest absolute Gasteiger partial charge is 0.255 e. The summed E-state index contributed by atoms with van der Waals surface area (Å²) in [6.45, 7) is 4.01. The van der Waals surface area contributed by atoms with E-state index in [0.29, 0.717) is 22.2 Å². The summed E-state index contributed by atoms with van der Waals surface area (Å²) in [5.41, 5.74) is 6.73. The average Bonchev–Trinajstić information content (AvgIpc) is 2.86. The molecule has 1 heterocycles. The molecule has 1 amide bonds. The second-order valence-corrected chi connectivity index (χ2v) is 8.84. The van der Waals surface area contributed by atoms with Gasteiger partial charge in [0, 0.05) is 32.9 Å². The molecule has 0 atom stereocenters. The molecule has 5 aromatic rings. The third kappa shape index (κ3) is 5.00. The molecule has 0 aliphatic carbocycles. The third-order valence-corrected chi connectivity index (χ3v) is 5.95. The van der Waals surface area contributed by atoms with Crippen molar-refractivity contribution in [3.8, 4) is 11.3 Å². The lowest BCUT2D eigenvalue weighted by Gasteiger charge is -2.12. The van der Waals surface area contributed by atoms with Gasteiger partial charge < -0.3 is 10.6 Å².